The van der Waals surface area contributed by atoms with Gasteiger partial charge in [0.25, 0.3) is 0 Å². The van der Waals surface area contributed by atoms with Crippen molar-refractivity contribution in [1.82, 2.24) is 4.90 Å². The number of hydrogen-bond donors (Lipinski definition) is 0. The fourth-order valence-corrected chi connectivity index (χ4v) is 2.99. The summed E-state index contributed by atoms with van der Waals surface area (Å²) in [6, 6.07) is 2.26. The van der Waals surface area contributed by atoms with Crippen molar-refractivity contribution in [2.45, 2.75) is 17.3 Å². The van der Waals surface area contributed by atoms with Gasteiger partial charge in [0.1, 0.15) is 24.0 Å². The van der Waals surface area contributed by atoms with E-state index in [0.717, 1.165) is 12.1 Å². The third kappa shape index (κ3) is 4.00. The van der Waals surface area contributed by atoms with Crippen LogP contribution in [0.5, 0.6) is 5.75 Å². The highest BCUT2D eigenvalue weighted by Crippen LogP contribution is 2.33. The molecule has 0 spiro atoms. The molecule has 126 valence electrons. The monoisotopic (exact) mass is 437 g/mol. The Morgan fingerprint density at radius 2 is 1.96 bits per heavy atom. The molecule has 0 saturated carbocycles. The summed E-state index contributed by atoms with van der Waals surface area (Å²) in [6.45, 7) is 2.66. The lowest BCUT2D eigenvalue weighted by Crippen LogP contribution is -2.38. The first kappa shape index (κ1) is 18.1. The summed E-state index contributed by atoms with van der Waals surface area (Å²) < 4.78 is 38.7. The second kappa shape index (κ2) is 8.05. The zero-order chi connectivity index (χ0) is 17.0. The highest BCUT2D eigenvalue weighted by molar-refractivity contribution is 14.1. The maximum atomic E-state index is 14.4. The van der Waals surface area contributed by atoms with E-state index in [0.29, 0.717) is 19.6 Å². The molecule has 1 heterocycles. The second-order valence-electron chi connectivity index (χ2n) is 4.98. The van der Waals surface area contributed by atoms with E-state index in [-0.39, 0.29) is 33.4 Å². The topological polar surface area (TPSA) is 38.8 Å². The minimum atomic E-state index is -0.748. The lowest BCUT2D eigenvalue weighted by atomic mass is 10.0. The van der Waals surface area contributed by atoms with Crippen molar-refractivity contribution >= 4 is 34.2 Å². The fourth-order valence-electron chi connectivity index (χ4n) is 2.40. The third-order valence-corrected chi connectivity index (χ3v) is 4.53. The van der Waals surface area contributed by atoms with Gasteiger partial charge in [-0.25, -0.2) is 8.78 Å². The van der Waals surface area contributed by atoms with Gasteiger partial charge in [-0.2, -0.15) is 0 Å². The lowest BCUT2D eigenvalue weighted by molar-refractivity contribution is -0.127. The number of carbonyl (C=O) groups is 1. The number of benzene rings is 1. The standard InChI is InChI=1S/C16H18F2INO3/c1-3-20-14(5-4-13(19)16(20)21)15-11(17)8-10(9-12(15)18)23-7-6-22-2/h5,8-9,13H,3-4,6-7H2,1-2H3. The molecule has 7 heteroatoms. The van der Waals surface area contributed by atoms with Crippen LogP contribution in [0, 0.1) is 11.6 Å². The molecule has 0 saturated heterocycles. The second-order valence-corrected chi connectivity index (χ2v) is 6.48. The Balaban J connectivity index is 2.34. The molecule has 0 fully saturated rings. The molecule has 1 aliphatic heterocycles. The number of methoxy groups -OCH3 is 1. The molecule has 1 atom stereocenters. The summed E-state index contributed by atoms with van der Waals surface area (Å²) >= 11 is 2.04. The van der Waals surface area contributed by atoms with Crippen molar-refractivity contribution < 1.29 is 23.0 Å². The Bertz CT molecular complexity index is 598. The summed E-state index contributed by atoms with van der Waals surface area (Å²) in [5, 5.41) is 0. The molecule has 1 aromatic rings. The van der Waals surface area contributed by atoms with Crippen LogP contribution in [-0.4, -0.2) is 41.6 Å². The maximum Gasteiger partial charge on any atom is 0.240 e. The SMILES string of the molecule is CCN1C(=O)C(I)CC=C1c1c(F)cc(OCCOC)cc1F. The van der Waals surface area contributed by atoms with Gasteiger partial charge < -0.3 is 14.4 Å². The van der Waals surface area contributed by atoms with E-state index in [2.05, 4.69) is 0 Å². The van der Waals surface area contributed by atoms with Gasteiger partial charge in [0.2, 0.25) is 5.91 Å². The number of ether oxygens (including phenoxy) is 2. The van der Waals surface area contributed by atoms with Gasteiger partial charge in [-0.05, 0) is 13.3 Å². The first-order chi connectivity index (χ1) is 11.0. The molecule has 4 nitrogen and oxygen atoms in total. The van der Waals surface area contributed by atoms with Crippen molar-refractivity contribution in [2.24, 2.45) is 0 Å². The first-order valence-electron chi connectivity index (χ1n) is 7.26. The van der Waals surface area contributed by atoms with Crippen molar-refractivity contribution in [1.29, 1.82) is 0 Å². The minimum absolute atomic E-state index is 0.0957. The number of rotatable bonds is 6. The molecule has 0 bridgehead atoms. The van der Waals surface area contributed by atoms with E-state index >= 15 is 0 Å². The predicted octanol–water partition coefficient (Wildman–Crippen LogP) is 3.39. The summed E-state index contributed by atoms with van der Waals surface area (Å²) in [4.78, 5) is 13.6. The largest absolute Gasteiger partial charge is 0.491 e. The molecule has 1 amide bonds. The molecule has 1 unspecified atom stereocenters. The van der Waals surface area contributed by atoms with E-state index in [9.17, 15) is 13.6 Å². The van der Waals surface area contributed by atoms with Gasteiger partial charge in [0.05, 0.1) is 21.8 Å². The normalized spacial score (nSPS) is 18.1. The van der Waals surface area contributed by atoms with Crippen LogP contribution in [0.3, 0.4) is 0 Å². The molecular formula is C16H18F2INO3. The van der Waals surface area contributed by atoms with Crippen molar-refractivity contribution in [2.75, 3.05) is 26.9 Å². The Morgan fingerprint density at radius 3 is 2.52 bits per heavy atom. The van der Waals surface area contributed by atoms with Gasteiger partial charge in [0.15, 0.2) is 0 Å². The predicted molar refractivity (Wildman–Crippen MR) is 91.5 cm³/mol. The van der Waals surface area contributed by atoms with Crippen LogP contribution in [-0.2, 0) is 9.53 Å². The van der Waals surface area contributed by atoms with Crippen LogP contribution in [0.1, 0.15) is 18.9 Å². The minimum Gasteiger partial charge on any atom is -0.491 e. The number of halogens is 3. The molecule has 2 rings (SSSR count). The molecule has 0 radical (unpaired) electrons. The van der Waals surface area contributed by atoms with Gasteiger partial charge in [-0.3, -0.25) is 4.79 Å². The summed E-state index contributed by atoms with van der Waals surface area (Å²) in [7, 11) is 1.51. The zero-order valence-electron chi connectivity index (χ0n) is 12.9. The quantitative estimate of drug-likeness (QED) is 0.389. The fraction of sp³-hybridized carbons (Fsp3) is 0.438. The van der Waals surface area contributed by atoms with Crippen molar-refractivity contribution in [3.05, 3.63) is 35.4 Å². The summed E-state index contributed by atoms with van der Waals surface area (Å²) in [6.07, 6.45) is 2.16. The number of nitrogens with zero attached hydrogens (tertiary/aromatic N) is 1. The van der Waals surface area contributed by atoms with Gasteiger partial charge in [0, 0.05) is 25.8 Å². The number of allylic oxidation sites excluding steroid dienone is 1. The molecule has 0 N–H and O–H groups in total. The Morgan fingerprint density at radius 1 is 1.30 bits per heavy atom. The smallest absolute Gasteiger partial charge is 0.240 e. The van der Waals surface area contributed by atoms with E-state index in [4.69, 9.17) is 9.47 Å². The Labute approximate surface area is 147 Å². The highest BCUT2D eigenvalue weighted by atomic mass is 127. The zero-order valence-corrected chi connectivity index (χ0v) is 15.1. The van der Waals surface area contributed by atoms with Gasteiger partial charge >= 0.3 is 0 Å². The summed E-state index contributed by atoms with van der Waals surface area (Å²) in [5.41, 5.74) is 0.0893. The number of alkyl halides is 1. The molecule has 0 aromatic heterocycles. The third-order valence-electron chi connectivity index (χ3n) is 3.49. The van der Waals surface area contributed by atoms with E-state index in [1.54, 1.807) is 13.0 Å². The molecule has 1 aliphatic rings. The Kier molecular flexibility index (Phi) is 6.34. The van der Waals surface area contributed by atoms with Crippen LogP contribution in [0.2, 0.25) is 0 Å². The number of amides is 1. The van der Waals surface area contributed by atoms with Crippen LogP contribution in [0.25, 0.3) is 5.70 Å². The number of carbonyl (C=O) groups excluding carboxylic acids is 1. The van der Waals surface area contributed by atoms with E-state index < -0.39 is 11.6 Å². The van der Waals surface area contributed by atoms with E-state index in [1.165, 1.54) is 12.0 Å². The van der Waals surface area contributed by atoms with Crippen molar-refractivity contribution in [3.8, 4) is 5.75 Å². The van der Waals surface area contributed by atoms with Crippen LogP contribution in [0.15, 0.2) is 18.2 Å². The molecule has 0 aliphatic carbocycles. The highest BCUT2D eigenvalue weighted by Gasteiger charge is 2.31. The first-order valence-corrected chi connectivity index (χ1v) is 8.50. The molecular weight excluding hydrogens is 419 g/mol. The molecule has 1 aromatic carbocycles. The lowest BCUT2D eigenvalue weighted by Gasteiger charge is -2.30. The van der Waals surface area contributed by atoms with Crippen LogP contribution < -0.4 is 4.74 Å². The van der Waals surface area contributed by atoms with Crippen LogP contribution in [0.4, 0.5) is 8.78 Å². The van der Waals surface area contributed by atoms with Gasteiger partial charge in [-0.1, -0.05) is 28.7 Å². The van der Waals surface area contributed by atoms with Crippen molar-refractivity contribution in [3.63, 3.8) is 0 Å². The van der Waals surface area contributed by atoms with Gasteiger partial charge in [-0.15, -0.1) is 0 Å². The average Bonchev–Trinajstić information content (AvgIpc) is 2.50. The summed E-state index contributed by atoms with van der Waals surface area (Å²) in [5.74, 6) is -1.54. The average molecular weight is 437 g/mol. The van der Waals surface area contributed by atoms with Crippen LogP contribution >= 0.6 is 22.6 Å². The van der Waals surface area contributed by atoms with E-state index in [1.807, 2.05) is 22.6 Å². The molecule has 23 heavy (non-hydrogen) atoms. The number of hydrogen-bond acceptors (Lipinski definition) is 3. The Hall–Kier alpha value is -1.22. The maximum absolute atomic E-state index is 14.4.